The molecule has 0 radical (unpaired) electrons. The topological polar surface area (TPSA) is 105 Å². The summed E-state index contributed by atoms with van der Waals surface area (Å²) in [6.45, 7) is 2.13. The number of nitrogens with two attached hydrogens (primary N) is 1. The van der Waals surface area contributed by atoms with Crippen molar-refractivity contribution in [1.29, 1.82) is 0 Å². The Hall–Kier alpha value is -2.18. The summed E-state index contributed by atoms with van der Waals surface area (Å²) < 4.78 is 0. The molecule has 0 spiro atoms. The van der Waals surface area contributed by atoms with Crippen molar-refractivity contribution in [2.24, 2.45) is 16.8 Å². The van der Waals surface area contributed by atoms with Gasteiger partial charge in [-0.15, -0.1) is 0 Å². The summed E-state index contributed by atoms with van der Waals surface area (Å²) in [5.74, 6) is -0.307. The summed E-state index contributed by atoms with van der Waals surface area (Å²) in [7, 11) is 1.64. The second kappa shape index (κ2) is 5.78. The molecular weight excluding hydrogens is 222 g/mol. The lowest BCUT2D eigenvalue weighted by molar-refractivity contribution is 0.0785. The first-order valence-electron chi connectivity index (χ1n) is 5.05. The number of rotatable bonds is 4. The van der Waals surface area contributed by atoms with E-state index in [0.717, 1.165) is 0 Å². The average Bonchev–Trinajstić information content (AvgIpc) is 2.37. The highest BCUT2D eigenvalue weighted by atomic mass is 16.4. The Morgan fingerprint density at radius 3 is 2.88 bits per heavy atom. The van der Waals surface area contributed by atoms with Crippen molar-refractivity contribution in [2.45, 2.75) is 6.92 Å². The average molecular weight is 237 g/mol. The molecule has 0 saturated carbocycles. The van der Waals surface area contributed by atoms with Crippen LogP contribution in [0.1, 0.15) is 17.3 Å². The number of oxime groups is 1. The molecule has 92 valence electrons. The van der Waals surface area contributed by atoms with Gasteiger partial charge in [-0.05, 0) is 6.07 Å². The van der Waals surface area contributed by atoms with E-state index in [0.29, 0.717) is 12.1 Å². The molecule has 7 heteroatoms. The minimum atomic E-state index is -0.219. The molecule has 0 aliphatic rings. The lowest BCUT2D eigenvalue weighted by Crippen LogP contribution is -2.36. The molecule has 0 aromatic carbocycles. The third-order valence-corrected chi connectivity index (χ3v) is 2.35. The summed E-state index contributed by atoms with van der Waals surface area (Å²) in [5, 5.41) is 18.7. The van der Waals surface area contributed by atoms with Gasteiger partial charge in [0, 0.05) is 19.5 Å². The van der Waals surface area contributed by atoms with Crippen LogP contribution in [0.25, 0.3) is 0 Å². The fourth-order valence-corrected chi connectivity index (χ4v) is 1.32. The van der Waals surface area contributed by atoms with E-state index >= 15 is 0 Å². The van der Waals surface area contributed by atoms with E-state index in [1.807, 2.05) is 0 Å². The van der Waals surface area contributed by atoms with Gasteiger partial charge in [0.2, 0.25) is 0 Å². The number of hydrogen-bond acceptors (Lipinski definition) is 5. The highest BCUT2D eigenvalue weighted by molar-refractivity contribution is 5.94. The fraction of sp³-hybridized carbons (Fsp3) is 0.400. The smallest absolute Gasteiger partial charge is 0.255 e. The third-order valence-electron chi connectivity index (χ3n) is 2.35. The second-order valence-corrected chi connectivity index (χ2v) is 3.74. The van der Waals surface area contributed by atoms with Gasteiger partial charge >= 0.3 is 0 Å². The monoisotopic (exact) mass is 237 g/mol. The largest absolute Gasteiger partial charge is 0.409 e. The SMILES string of the molecule is CC(CN(C)C(=O)c1ccnnc1)/C(N)=N/O. The lowest BCUT2D eigenvalue weighted by atomic mass is 10.1. The molecule has 1 atom stereocenters. The molecule has 1 aromatic rings. The molecule has 0 aliphatic heterocycles. The van der Waals surface area contributed by atoms with Crippen molar-refractivity contribution in [3.8, 4) is 0 Å². The number of amides is 1. The number of carbonyl (C=O) groups excluding carboxylic acids is 1. The third kappa shape index (κ3) is 3.40. The normalized spacial score (nSPS) is 13.2. The van der Waals surface area contributed by atoms with Crippen LogP contribution in [-0.2, 0) is 0 Å². The Kier molecular flexibility index (Phi) is 4.38. The van der Waals surface area contributed by atoms with Crippen LogP contribution in [0.15, 0.2) is 23.6 Å². The first-order valence-corrected chi connectivity index (χ1v) is 5.05. The number of carbonyl (C=O) groups is 1. The lowest BCUT2D eigenvalue weighted by Gasteiger charge is -2.20. The Bertz CT molecular complexity index is 406. The number of nitrogens with zero attached hydrogens (tertiary/aromatic N) is 4. The molecule has 1 heterocycles. The van der Waals surface area contributed by atoms with Crippen LogP contribution < -0.4 is 5.73 Å². The maximum atomic E-state index is 11.9. The standard InChI is InChI=1S/C10H15N5O2/c1-7(9(11)14-17)6-15(2)10(16)8-3-4-12-13-5-8/h3-5,7,17H,6H2,1-2H3,(H2,11,14). The van der Waals surface area contributed by atoms with Gasteiger partial charge in [-0.25, -0.2) is 0 Å². The minimum absolute atomic E-state index is 0.0949. The summed E-state index contributed by atoms with van der Waals surface area (Å²) >= 11 is 0. The van der Waals surface area contributed by atoms with Crippen molar-refractivity contribution >= 4 is 11.7 Å². The van der Waals surface area contributed by atoms with Crippen molar-refractivity contribution in [2.75, 3.05) is 13.6 Å². The predicted octanol–water partition coefficient (Wildman–Crippen LogP) is -0.0689. The zero-order chi connectivity index (χ0) is 12.8. The molecule has 1 rings (SSSR count). The van der Waals surface area contributed by atoms with E-state index < -0.39 is 0 Å². The number of aromatic nitrogens is 2. The van der Waals surface area contributed by atoms with Gasteiger partial charge in [-0.2, -0.15) is 10.2 Å². The van der Waals surface area contributed by atoms with Gasteiger partial charge in [0.15, 0.2) is 0 Å². The molecule has 3 N–H and O–H groups in total. The second-order valence-electron chi connectivity index (χ2n) is 3.74. The van der Waals surface area contributed by atoms with Gasteiger partial charge in [0.05, 0.1) is 18.0 Å². The molecule has 1 aromatic heterocycles. The highest BCUT2D eigenvalue weighted by Gasteiger charge is 2.16. The number of hydrogen-bond donors (Lipinski definition) is 2. The molecule has 7 nitrogen and oxygen atoms in total. The minimum Gasteiger partial charge on any atom is -0.409 e. The van der Waals surface area contributed by atoms with Crippen LogP contribution in [0.2, 0.25) is 0 Å². The summed E-state index contributed by atoms with van der Waals surface area (Å²) in [4.78, 5) is 13.4. The highest BCUT2D eigenvalue weighted by Crippen LogP contribution is 2.04. The first-order chi connectivity index (χ1) is 8.06. The molecule has 0 saturated heterocycles. The first kappa shape index (κ1) is 12.9. The molecule has 1 amide bonds. The van der Waals surface area contributed by atoms with Crippen LogP contribution in [0.5, 0.6) is 0 Å². The van der Waals surface area contributed by atoms with E-state index in [1.165, 1.54) is 17.3 Å². The summed E-state index contributed by atoms with van der Waals surface area (Å²) in [6.07, 6.45) is 2.85. The van der Waals surface area contributed by atoms with E-state index in [-0.39, 0.29) is 17.7 Å². The zero-order valence-electron chi connectivity index (χ0n) is 9.74. The van der Waals surface area contributed by atoms with Crippen molar-refractivity contribution < 1.29 is 10.0 Å². The Morgan fingerprint density at radius 1 is 1.65 bits per heavy atom. The Morgan fingerprint density at radius 2 is 2.35 bits per heavy atom. The Labute approximate surface area is 98.9 Å². The van der Waals surface area contributed by atoms with Gasteiger partial charge in [-0.1, -0.05) is 12.1 Å². The fourth-order valence-electron chi connectivity index (χ4n) is 1.32. The number of amidine groups is 1. The van der Waals surface area contributed by atoms with Gasteiger partial charge in [0.25, 0.3) is 5.91 Å². The maximum Gasteiger partial charge on any atom is 0.255 e. The van der Waals surface area contributed by atoms with Gasteiger partial charge in [-0.3, -0.25) is 4.79 Å². The van der Waals surface area contributed by atoms with E-state index in [4.69, 9.17) is 10.9 Å². The van der Waals surface area contributed by atoms with E-state index in [2.05, 4.69) is 15.4 Å². The molecule has 0 fully saturated rings. The Balaban J connectivity index is 2.66. The van der Waals surface area contributed by atoms with Crippen molar-refractivity contribution in [1.82, 2.24) is 15.1 Å². The van der Waals surface area contributed by atoms with E-state index in [9.17, 15) is 4.79 Å². The molecule has 0 aliphatic carbocycles. The van der Waals surface area contributed by atoms with Gasteiger partial charge in [0.1, 0.15) is 5.84 Å². The summed E-state index contributed by atoms with van der Waals surface area (Å²) in [5.41, 5.74) is 5.90. The van der Waals surface area contributed by atoms with Crippen molar-refractivity contribution in [3.05, 3.63) is 24.0 Å². The van der Waals surface area contributed by atoms with Gasteiger partial charge < -0.3 is 15.8 Å². The summed E-state index contributed by atoms with van der Waals surface area (Å²) in [6, 6.07) is 1.58. The van der Waals surface area contributed by atoms with Crippen LogP contribution in [-0.4, -0.2) is 45.6 Å². The molecule has 0 bridgehead atoms. The molecular formula is C10H15N5O2. The van der Waals surface area contributed by atoms with Crippen LogP contribution >= 0.6 is 0 Å². The molecule has 17 heavy (non-hydrogen) atoms. The van der Waals surface area contributed by atoms with Crippen LogP contribution in [0.4, 0.5) is 0 Å². The quantitative estimate of drug-likeness (QED) is 0.330. The van der Waals surface area contributed by atoms with Crippen LogP contribution in [0.3, 0.4) is 0 Å². The predicted molar refractivity (Wildman–Crippen MR) is 61.6 cm³/mol. The van der Waals surface area contributed by atoms with Crippen LogP contribution in [0, 0.1) is 5.92 Å². The molecule has 1 unspecified atom stereocenters. The zero-order valence-corrected chi connectivity index (χ0v) is 9.74. The van der Waals surface area contributed by atoms with Crippen molar-refractivity contribution in [3.63, 3.8) is 0 Å². The maximum absolute atomic E-state index is 11.9. The van der Waals surface area contributed by atoms with E-state index in [1.54, 1.807) is 20.0 Å².